The predicted molar refractivity (Wildman–Crippen MR) is 76.8 cm³/mol. The Bertz CT molecular complexity index is 759. The zero-order valence-electron chi connectivity index (χ0n) is 12.7. The van der Waals surface area contributed by atoms with Gasteiger partial charge in [-0.25, -0.2) is 4.68 Å². The lowest BCUT2D eigenvalue weighted by Gasteiger charge is -2.26. The fraction of sp³-hybridized carbons (Fsp3) is 0.400. The van der Waals surface area contributed by atoms with E-state index in [2.05, 4.69) is 10.3 Å². The molecule has 2 heterocycles. The number of aliphatic hydroxyl groups excluding tert-OH is 1. The Hall–Kier alpha value is -2.42. The van der Waals surface area contributed by atoms with Crippen LogP contribution in [0.2, 0.25) is 0 Å². The highest BCUT2D eigenvalue weighted by Gasteiger charge is 2.42. The number of nitrogens with zero attached hydrogens (tertiary/aromatic N) is 4. The van der Waals surface area contributed by atoms with Gasteiger partial charge in [-0.1, -0.05) is 23.4 Å². The molecule has 128 valence electrons. The molecular weight excluding hydrogens is 325 g/mol. The summed E-state index contributed by atoms with van der Waals surface area (Å²) >= 11 is 0. The lowest BCUT2D eigenvalue weighted by atomic mass is 9.97. The van der Waals surface area contributed by atoms with Crippen molar-refractivity contribution in [2.75, 3.05) is 6.54 Å². The zero-order valence-corrected chi connectivity index (χ0v) is 12.7. The van der Waals surface area contributed by atoms with Crippen molar-refractivity contribution in [2.45, 2.75) is 24.7 Å². The van der Waals surface area contributed by atoms with Crippen molar-refractivity contribution >= 4 is 5.91 Å². The predicted octanol–water partition coefficient (Wildman–Crippen LogP) is 1.78. The maximum atomic E-state index is 13.3. The number of alkyl halides is 3. The van der Waals surface area contributed by atoms with Gasteiger partial charge in [0.25, 0.3) is 5.91 Å². The maximum absolute atomic E-state index is 13.3. The molecule has 1 aliphatic heterocycles. The van der Waals surface area contributed by atoms with Crippen LogP contribution in [-0.2, 0) is 13.2 Å². The van der Waals surface area contributed by atoms with Crippen LogP contribution in [0.3, 0.4) is 0 Å². The van der Waals surface area contributed by atoms with Crippen LogP contribution in [0.1, 0.15) is 34.1 Å². The van der Waals surface area contributed by atoms with Gasteiger partial charge in [0.2, 0.25) is 0 Å². The molecule has 2 aromatic rings. The van der Waals surface area contributed by atoms with Gasteiger partial charge < -0.3 is 10.0 Å². The summed E-state index contributed by atoms with van der Waals surface area (Å²) in [6.45, 7) is -0.0408. The second-order valence-electron chi connectivity index (χ2n) is 5.69. The molecule has 0 unspecified atom stereocenters. The first-order valence-electron chi connectivity index (χ1n) is 7.29. The standard InChI is InChI=1S/C15H15F3N4O2/c1-21-13(7-19-20-21)14(24)22-8-9(23)6-12(22)10-4-2-3-5-11(10)15(16,17)18/h2-5,7,9,12,23H,6,8H2,1H3/t9-,12+/m0/s1. The normalized spacial score (nSPS) is 21.3. The smallest absolute Gasteiger partial charge is 0.391 e. The van der Waals surface area contributed by atoms with Crippen LogP contribution in [-0.4, -0.2) is 43.6 Å². The van der Waals surface area contributed by atoms with Crippen molar-refractivity contribution in [3.05, 3.63) is 47.3 Å². The second kappa shape index (κ2) is 5.90. The summed E-state index contributed by atoms with van der Waals surface area (Å²) in [5, 5.41) is 17.2. The highest BCUT2D eigenvalue weighted by Crippen LogP contribution is 2.40. The summed E-state index contributed by atoms with van der Waals surface area (Å²) in [7, 11) is 1.52. The molecule has 24 heavy (non-hydrogen) atoms. The van der Waals surface area contributed by atoms with Gasteiger partial charge in [0.1, 0.15) is 5.69 Å². The quantitative estimate of drug-likeness (QED) is 0.905. The molecule has 2 atom stereocenters. The van der Waals surface area contributed by atoms with Gasteiger partial charge in [0.05, 0.1) is 23.9 Å². The molecular formula is C15H15F3N4O2. The molecule has 1 aromatic heterocycles. The van der Waals surface area contributed by atoms with Gasteiger partial charge in [-0.15, -0.1) is 5.10 Å². The van der Waals surface area contributed by atoms with Crippen molar-refractivity contribution in [3.63, 3.8) is 0 Å². The Morgan fingerprint density at radius 3 is 2.67 bits per heavy atom. The number of β-amino-alcohol motifs (C(OH)–C–C–N with tert-alkyl or cyclic N) is 1. The van der Waals surface area contributed by atoms with Crippen LogP contribution in [0, 0.1) is 0 Å². The molecule has 6 nitrogen and oxygen atoms in total. The molecule has 1 aromatic carbocycles. The van der Waals surface area contributed by atoms with E-state index in [-0.39, 0.29) is 24.2 Å². The summed E-state index contributed by atoms with van der Waals surface area (Å²) in [6.07, 6.45) is -4.13. The van der Waals surface area contributed by atoms with E-state index >= 15 is 0 Å². The molecule has 1 aliphatic rings. The number of carbonyl (C=O) groups is 1. The van der Waals surface area contributed by atoms with E-state index in [9.17, 15) is 23.1 Å². The summed E-state index contributed by atoms with van der Waals surface area (Å²) in [5.41, 5.74) is -0.673. The Kier molecular flexibility index (Phi) is 4.04. The zero-order chi connectivity index (χ0) is 17.5. The van der Waals surface area contributed by atoms with E-state index < -0.39 is 29.8 Å². The molecule has 1 saturated heterocycles. The van der Waals surface area contributed by atoms with Crippen LogP contribution in [0.15, 0.2) is 30.5 Å². The average Bonchev–Trinajstić information content (AvgIpc) is 3.11. The van der Waals surface area contributed by atoms with Gasteiger partial charge in [-0.05, 0) is 18.1 Å². The Morgan fingerprint density at radius 1 is 1.33 bits per heavy atom. The van der Waals surface area contributed by atoms with E-state index in [0.29, 0.717) is 0 Å². The first kappa shape index (κ1) is 16.4. The SMILES string of the molecule is Cn1nncc1C(=O)N1C[C@@H](O)C[C@@H]1c1ccccc1C(F)(F)F. The highest BCUT2D eigenvalue weighted by atomic mass is 19.4. The molecule has 0 bridgehead atoms. The molecule has 1 fully saturated rings. The minimum atomic E-state index is -4.53. The molecule has 0 radical (unpaired) electrons. The summed E-state index contributed by atoms with van der Waals surface area (Å²) in [6, 6.07) is 4.25. The molecule has 1 N–H and O–H groups in total. The monoisotopic (exact) mass is 340 g/mol. The average molecular weight is 340 g/mol. The van der Waals surface area contributed by atoms with Gasteiger partial charge in [-0.2, -0.15) is 13.2 Å². The number of carbonyl (C=O) groups excluding carboxylic acids is 1. The maximum Gasteiger partial charge on any atom is 0.416 e. The highest BCUT2D eigenvalue weighted by molar-refractivity contribution is 5.92. The van der Waals surface area contributed by atoms with E-state index in [0.717, 1.165) is 6.07 Å². The van der Waals surface area contributed by atoms with E-state index in [1.807, 2.05) is 0 Å². The van der Waals surface area contributed by atoms with Crippen molar-refractivity contribution in [2.24, 2.45) is 7.05 Å². The lowest BCUT2D eigenvalue weighted by molar-refractivity contribution is -0.138. The minimum Gasteiger partial charge on any atom is -0.391 e. The number of hydrogen-bond acceptors (Lipinski definition) is 4. The molecule has 0 spiro atoms. The van der Waals surface area contributed by atoms with Crippen LogP contribution >= 0.6 is 0 Å². The number of likely N-dealkylation sites (tertiary alicyclic amines) is 1. The number of benzene rings is 1. The number of aliphatic hydroxyl groups is 1. The third kappa shape index (κ3) is 2.86. The number of halogens is 3. The number of aromatic nitrogens is 3. The topological polar surface area (TPSA) is 71.2 Å². The minimum absolute atomic E-state index is 0.0231. The van der Waals surface area contributed by atoms with Crippen molar-refractivity contribution < 1.29 is 23.1 Å². The molecule has 0 saturated carbocycles. The number of rotatable bonds is 2. The Labute approximate surface area is 135 Å². The first-order chi connectivity index (χ1) is 11.3. The third-order valence-electron chi connectivity index (χ3n) is 4.10. The van der Waals surface area contributed by atoms with E-state index in [1.165, 1.54) is 41.0 Å². The van der Waals surface area contributed by atoms with E-state index in [4.69, 9.17) is 0 Å². The third-order valence-corrected chi connectivity index (χ3v) is 4.10. The van der Waals surface area contributed by atoms with E-state index in [1.54, 1.807) is 0 Å². The van der Waals surface area contributed by atoms with Crippen LogP contribution in [0.25, 0.3) is 0 Å². The summed E-state index contributed by atoms with van der Waals surface area (Å²) in [5.74, 6) is -0.513. The fourth-order valence-electron chi connectivity index (χ4n) is 3.01. The summed E-state index contributed by atoms with van der Waals surface area (Å²) in [4.78, 5) is 13.9. The fourth-order valence-corrected chi connectivity index (χ4v) is 3.01. The van der Waals surface area contributed by atoms with Gasteiger partial charge >= 0.3 is 6.18 Å². The lowest BCUT2D eigenvalue weighted by Crippen LogP contribution is -2.33. The Balaban J connectivity index is 2.01. The molecule has 0 aliphatic carbocycles. The van der Waals surface area contributed by atoms with Crippen LogP contribution in [0.5, 0.6) is 0 Å². The second-order valence-corrected chi connectivity index (χ2v) is 5.69. The van der Waals surface area contributed by atoms with Crippen molar-refractivity contribution in [1.29, 1.82) is 0 Å². The Morgan fingerprint density at radius 2 is 2.04 bits per heavy atom. The number of amides is 1. The number of aryl methyl sites for hydroxylation is 1. The van der Waals surface area contributed by atoms with Crippen molar-refractivity contribution in [1.82, 2.24) is 19.9 Å². The van der Waals surface area contributed by atoms with Gasteiger partial charge in [-0.3, -0.25) is 4.79 Å². The number of hydrogen-bond donors (Lipinski definition) is 1. The van der Waals surface area contributed by atoms with Crippen molar-refractivity contribution in [3.8, 4) is 0 Å². The van der Waals surface area contributed by atoms with Gasteiger partial charge in [0, 0.05) is 13.6 Å². The van der Waals surface area contributed by atoms with Crippen LogP contribution < -0.4 is 0 Å². The largest absolute Gasteiger partial charge is 0.416 e. The first-order valence-corrected chi connectivity index (χ1v) is 7.29. The molecule has 3 rings (SSSR count). The van der Waals surface area contributed by atoms with Crippen LogP contribution in [0.4, 0.5) is 13.2 Å². The molecule has 9 heteroatoms. The summed E-state index contributed by atoms with van der Waals surface area (Å²) < 4.78 is 41.1. The van der Waals surface area contributed by atoms with Gasteiger partial charge in [0.15, 0.2) is 0 Å². The molecule has 1 amide bonds.